The fourth-order valence-electron chi connectivity index (χ4n) is 2.69. The van der Waals surface area contributed by atoms with Crippen molar-refractivity contribution in [2.24, 2.45) is 17.6 Å². The van der Waals surface area contributed by atoms with Gasteiger partial charge in [-0.25, -0.2) is 0 Å². The summed E-state index contributed by atoms with van der Waals surface area (Å²) in [4.78, 5) is 16.1. The van der Waals surface area contributed by atoms with Crippen LogP contribution < -0.4 is 5.73 Å². The lowest BCUT2D eigenvalue weighted by Crippen LogP contribution is -2.45. The van der Waals surface area contributed by atoms with Gasteiger partial charge in [-0.3, -0.25) is 9.69 Å². The second-order valence-electron chi connectivity index (χ2n) is 5.60. The maximum atomic E-state index is 12.0. The zero-order chi connectivity index (χ0) is 12.8. The number of piperidine rings is 1. The van der Waals surface area contributed by atoms with Crippen LogP contribution in [0.2, 0.25) is 0 Å². The van der Waals surface area contributed by atoms with E-state index in [1.807, 2.05) is 7.05 Å². The molecule has 0 aromatic rings. The summed E-state index contributed by atoms with van der Waals surface area (Å²) in [5, 5.41) is 0. The average molecular weight is 241 g/mol. The molecule has 0 bridgehead atoms. The fourth-order valence-corrected chi connectivity index (χ4v) is 2.69. The Kier molecular flexibility index (Phi) is 5.92. The third-order valence-electron chi connectivity index (χ3n) is 3.43. The van der Waals surface area contributed by atoms with E-state index in [2.05, 4.69) is 18.7 Å². The minimum atomic E-state index is 0.222. The zero-order valence-corrected chi connectivity index (χ0v) is 11.5. The summed E-state index contributed by atoms with van der Waals surface area (Å²) in [6.07, 6.45) is 2.17. The van der Waals surface area contributed by atoms with E-state index in [0.717, 1.165) is 26.1 Å². The Morgan fingerprint density at radius 2 is 1.94 bits per heavy atom. The number of carbonyl (C=O) groups excluding carboxylic acids is 1. The van der Waals surface area contributed by atoms with Crippen molar-refractivity contribution < 1.29 is 4.79 Å². The van der Waals surface area contributed by atoms with Crippen LogP contribution in [0.15, 0.2) is 0 Å². The van der Waals surface area contributed by atoms with E-state index in [4.69, 9.17) is 5.73 Å². The molecule has 1 amide bonds. The Labute approximate surface area is 105 Å². The van der Waals surface area contributed by atoms with Gasteiger partial charge in [0.2, 0.25) is 5.91 Å². The highest BCUT2D eigenvalue weighted by Gasteiger charge is 2.24. The van der Waals surface area contributed by atoms with Gasteiger partial charge in [0, 0.05) is 26.7 Å². The SMILES string of the molecule is CC1CC(C)CN(CC(=O)N(C)CCCN)C1. The number of nitrogens with zero attached hydrogens (tertiary/aromatic N) is 2. The second-order valence-corrected chi connectivity index (χ2v) is 5.60. The number of hydrogen-bond donors (Lipinski definition) is 1. The Morgan fingerprint density at radius 3 is 2.47 bits per heavy atom. The molecule has 0 radical (unpaired) electrons. The van der Waals surface area contributed by atoms with Crippen LogP contribution in [0.5, 0.6) is 0 Å². The van der Waals surface area contributed by atoms with Crippen LogP contribution in [0.4, 0.5) is 0 Å². The fraction of sp³-hybridized carbons (Fsp3) is 0.923. The van der Waals surface area contributed by atoms with Crippen LogP contribution in [0.1, 0.15) is 26.7 Å². The van der Waals surface area contributed by atoms with E-state index in [1.54, 1.807) is 4.90 Å². The first-order chi connectivity index (χ1) is 8.02. The maximum Gasteiger partial charge on any atom is 0.236 e. The summed E-state index contributed by atoms with van der Waals surface area (Å²) in [5.74, 6) is 1.64. The van der Waals surface area contributed by atoms with E-state index in [9.17, 15) is 4.79 Å². The number of likely N-dealkylation sites (N-methyl/N-ethyl adjacent to an activating group) is 1. The number of carbonyl (C=O) groups is 1. The minimum Gasteiger partial charge on any atom is -0.345 e. The van der Waals surface area contributed by atoms with Crippen LogP contribution in [-0.4, -0.2) is 55.5 Å². The van der Waals surface area contributed by atoms with E-state index in [0.29, 0.717) is 24.9 Å². The molecule has 2 unspecified atom stereocenters. The molecule has 0 saturated carbocycles. The molecule has 100 valence electrons. The second kappa shape index (κ2) is 6.97. The van der Waals surface area contributed by atoms with Crippen molar-refractivity contribution in [1.29, 1.82) is 0 Å². The molecule has 1 saturated heterocycles. The minimum absolute atomic E-state index is 0.222. The largest absolute Gasteiger partial charge is 0.345 e. The van der Waals surface area contributed by atoms with Gasteiger partial charge < -0.3 is 10.6 Å². The average Bonchev–Trinajstić information content (AvgIpc) is 2.24. The van der Waals surface area contributed by atoms with Crippen LogP contribution >= 0.6 is 0 Å². The van der Waals surface area contributed by atoms with Crippen molar-refractivity contribution in [3.63, 3.8) is 0 Å². The number of nitrogens with two attached hydrogens (primary N) is 1. The van der Waals surface area contributed by atoms with Gasteiger partial charge >= 0.3 is 0 Å². The zero-order valence-electron chi connectivity index (χ0n) is 11.5. The summed E-state index contributed by atoms with van der Waals surface area (Å²) in [6, 6.07) is 0. The number of rotatable bonds is 5. The van der Waals surface area contributed by atoms with Crippen molar-refractivity contribution in [3.8, 4) is 0 Å². The molecular formula is C13H27N3O. The van der Waals surface area contributed by atoms with Crippen molar-refractivity contribution in [2.45, 2.75) is 26.7 Å². The summed E-state index contributed by atoms with van der Waals surface area (Å²) in [6.45, 7) is 8.64. The van der Waals surface area contributed by atoms with Gasteiger partial charge in [0.15, 0.2) is 0 Å². The van der Waals surface area contributed by atoms with Gasteiger partial charge in [0.1, 0.15) is 0 Å². The molecule has 0 aromatic carbocycles. The molecule has 0 spiro atoms. The first kappa shape index (κ1) is 14.5. The van der Waals surface area contributed by atoms with Crippen molar-refractivity contribution in [3.05, 3.63) is 0 Å². The molecule has 2 atom stereocenters. The summed E-state index contributed by atoms with van der Waals surface area (Å²) < 4.78 is 0. The number of likely N-dealkylation sites (tertiary alicyclic amines) is 1. The Hall–Kier alpha value is -0.610. The third-order valence-corrected chi connectivity index (χ3v) is 3.43. The molecule has 1 heterocycles. The quantitative estimate of drug-likeness (QED) is 0.773. The van der Waals surface area contributed by atoms with Gasteiger partial charge in [-0.15, -0.1) is 0 Å². The first-order valence-electron chi connectivity index (χ1n) is 6.69. The Balaban J connectivity index is 2.34. The predicted octanol–water partition coefficient (Wildman–Crippen LogP) is 0.772. The van der Waals surface area contributed by atoms with Crippen LogP contribution in [0.25, 0.3) is 0 Å². The van der Waals surface area contributed by atoms with Crippen LogP contribution in [0.3, 0.4) is 0 Å². The van der Waals surface area contributed by atoms with Gasteiger partial charge in [-0.1, -0.05) is 13.8 Å². The standard InChI is InChI=1S/C13H27N3O/c1-11-7-12(2)9-16(8-11)10-13(17)15(3)6-4-5-14/h11-12H,4-10,14H2,1-3H3. The normalized spacial score (nSPS) is 25.9. The highest BCUT2D eigenvalue weighted by atomic mass is 16.2. The van der Waals surface area contributed by atoms with E-state index in [-0.39, 0.29) is 5.91 Å². The number of amides is 1. The van der Waals surface area contributed by atoms with Gasteiger partial charge in [-0.2, -0.15) is 0 Å². The maximum absolute atomic E-state index is 12.0. The topological polar surface area (TPSA) is 49.6 Å². The molecule has 1 aliphatic rings. The van der Waals surface area contributed by atoms with Gasteiger partial charge in [-0.05, 0) is 31.2 Å². The van der Waals surface area contributed by atoms with Crippen LogP contribution in [0, 0.1) is 11.8 Å². The molecule has 0 aromatic heterocycles. The molecule has 0 aliphatic carbocycles. The van der Waals surface area contributed by atoms with E-state index >= 15 is 0 Å². The molecule has 1 rings (SSSR count). The Bertz CT molecular complexity index is 235. The summed E-state index contributed by atoms with van der Waals surface area (Å²) >= 11 is 0. The first-order valence-corrected chi connectivity index (χ1v) is 6.69. The molecule has 4 heteroatoms. The smallest absolute Gasteiger partial charge is 0.236 e. The lowest BCUT2D eigenvalue weighted by atomic mass is 9.92. The van der Waals surface area contributed by atoms with E-state index < -0.39 is 0 Å². The van der Waals surface area contributed by atoms with Gasteiger partial charge in [0.05, 0.1) is 6.54 Å². The summed E-state index contributed by atoms with van der Waals surface area (Å²) in [7, 11) is 1.87. The van der Waals surface area contributed by atoms with E-state index in [1.165, 1.54) is 6.42 Å². The lowest BCUT2D eigenvalue weighted by molar-refractivity contribution is -0.131. The molecule has 2 N–H and O–H groups in total. The van der Waals surface area contributed by atoms with Crippen molar-refractivity contribution >= 4 is 5.91 Å². The van der Waals surface area contributed by atoms with Crippen molar-refractivity contribution in [2.75, 3.05) is 39.8 Å². The highest BCUT2D eigenvalue weighted by molar-refractivity contribution is 5.77. The Morgan fingerprint density at radius 1 is 1.35 bits per heavy atom. The third kappa shape index (κ3) is 5.04. The number of hydrogen-bond acceptors (Lipinski definition) is 3. The molecular weight excluding hydrogens is 214 g/mol. The molecule has 4 nitrogen and oxygen atoms in total. The highest BCUT2D eigenvalue weighted by Crippen LogP contribution is 2.20. The monoisotopic (exact) mass is 241 g/mol. The molecule has 1 aliphatic heterocycles. The molecule has 1 fully saturated rings. The van der Waals surface area contributed by atoms with Crippen LogP contribution in [-0.2, 0) is 4.79 Å². The van der Waals surface area contributed by atoms with Crippen molar-refractivity contribution in [1.82, 2.24) is 9.80 Å². The summed E-state index contributed by atoms with van der Waals surface area (Å²) in [5.41, 5.74) is 5.45. The van der Waals surface area contributed by atoms with Gasteiger partial charge in [0.25, 0.3) is 0 Å². The predicted molar refractivity (Wildman–Crippen MR) is 70.7 cm³/mol. The molecule has 17 heavy (non-hydrogen) atoms. The lowest BCUT2D eigenvalue weighted by Gasteiger charge is -2.35.